The molecule has 0 bridgehead atoms. The zero-order valence-electron chi connectivity index (χ0n) is 10.1. The molecule has 0 amide bonds. The summed E-state index contributed by atoms with van der Waals surface area (Å²) in [4.78, 5) is 10.9. The predicted octanol–water partition coefficient (Wildman–Crippen LogP) is 3.98. The molecule has 0 aliphatic carbocycles. The summed E-state index contributed by atoms with van der Waals surface area (Å²) in [6.07, 6.45) is 0. The van der Waals surface area contributed by atoms with Crippen LogP contribution in [-0.2, 0) is 6.61 Å². The lowest BCUT2D eigenvalue weighted by Crippen LogP contribution is -2.00. The molecule has 0 fully saturated rings. The molecule has 0 heterocycles. The molecule has 4 nitrogen and oxygen atoms in total. The summed E-state index contributed by atoms with van der Waals surface area (Å²) in [6.45, 7) is 0.167. The number of hydrogen-bond donors (Lipinski definition) is 2. The Morgan fingerprint density at radius 2 is 1.90 bits per heavy atom. The van der Waals surface area contributed by atoms with E-state index in [0.29, 0.717) is 15.8 Å². The van der Waals surface area contributed by atoms with Crippen molar-refractivity contribution in [3.63, 3.8) is 0 Å². The second-order valence-electron chi connectivity index (χ2n) is 4.01. The summed E-state index contributed by atoms with van der Waals surface area (Å²) in [7, 11) is 0. The van der Waals surface area contributed by atoms with E-state index in [0.717, 1.165) is 5.56 Å². The van der Waals surface area contributed by atoms with Crippen LogP contribution in [0.25, 0.3) is 0 Å². The monoisotopic (exact) mass is 312 g/mol. The van der Waals surface area contributed by atoms with Gasteiger partial charge < -0.3 is 14.9 Å². The van der Waals surface area contributed by atoms with Gasteiger partial charge in [-0.25, -0.2) is 4.79 Å². The summed E-state index contributed by atoms with van der Waals surface area (Å²) >= 11 is 11.8. The molecule has 20 heavy (non-hydrogen) atoms. The van der Waals surface area contributed by atoms with Crippen LogP contribution in [0.2, 0.25) is 10.0 Å². The molecule has 0 saturated heterocycles. The van der Waals surface area contributed by atoms with Crippen LogP contribution in [0.4, 0.5) is 0 Å². The maximum Gasteiger partial charge on any atom is 0.339 e. The fourth-order valence-corrected chi connectivity index (χ4v) is 2.04. The first-order chi connectivity index (χ1) is 9.47. The highest BCUT2D eigenvalue weighted by molar-refractivity contribution is 6.35. The number of aromatic hydroxyl groups is 1. The number of benzene rings is 2. The molecule has 0 saturated carbocycles. The second kappa shape index (κ2) is 6.03. The van der Waals surface area contributed by atoms with E-state index in [1.165, 1.54) is 18.2 Å². The Labute approximate surface area is 125 Å². The number of halogens is 2. The average Bonchev–Trinajstić information content (AvgIpc) is 2.39. The Kier molecular flexibility index (Phi) is 4.37. The normalized spacial score (nSPS) is 10.3. The Morgan fingerprint density at radius 1 is 1.15 bits per heavy atom. The van der Waals surface area contributed by atoms with Crippen molar-refractivity contribution in [2.45, 2.75) is 6.61 Å². The average molecular weight is 313 g/mol. The predicted molar refractivity (Wildman–Crippen MR) is 75.9 cm³/mol. The van der Waals surface area contributed by atoms with E-state index >= 15 is 0 Å². The minimum Gasteiger partial charge on any atom is -0.507 e. The topological polar surface area (TPSA) is 66.8 Å². The zero-order valence-corrected chi connectivity index (χ0v) is 11.6. The molecule has 0 spiro atoms. The van der Waals surface area contributed by atoms with Crippen LogP contribution in [-0.4, -0.2) is 16.2 Å². The summed E-state index contributed by atoms with van der Waals surface area (Å²) in [6, 6.07) is 9.01. The fourth-order valence-electron chi connectivity index (χ4n) is 1.58. The van der Waals surface area contributed by atoms with E-state index < -0.39 is 5.97 Å². The Morgan fingerprint density at radius 3 is 2.55 bits per heavy atom. The number of ether oxygens (including phenoxy) is 1. The molecular formula is C14H10Cl2O4. The van der Waals surface area contributed by atoms with Crippen LogP contribution in [0.3, 0.4) is 0 Å². The van der Waals surface area contributed by atoms with E-state index in [-0.39, 0.29) is 17.9 Å². The third-order valence-corrected chi connectivity index (χ3v) is 3.19. The van der Waals surface area contributed by atoms with Crippen molar-refractivity contribution in [3.8, 4) is 11.5 Å². The van der Waals surface area contributed by atoms with Gasteiger partial charge in [0.2, 0.25) is 0 Å². The van der Waals surface area contributed by atoms with Crippen LogP contribution < -0.4 is 4.74 Å². The van der Waals surface area contributed by atoms with Gasteiger partial charge in [-0.3, -0.25) is 0 Å². The largest absolute Gasteiger partial charge is 0.507 e. The maximum absolute atomic E-state index is 10.9. The fraction of sp³-hybridized carbons (Fsp3) is 0.0714. The van der Waals surface area contributed by atoms with Gasteiger partial charge in [0.15, 0.2) is 0 Å². The maximum atomic E-state index is 10.9. The quantitative estimate of drug-likeness (QED) is 0.896. The molecule has 104 valence electrons. The van der Waals surface area contributed by atoms with Gasteiger partial charge in [0.25, 0.3) is 0 Å². The van der Waals surface area contributed by atoms with E-state index in [1.54, 1.807) is 18.2 Å². The molecule has 2 aromatic rings. The van der Waals surface area contributed by atoms with Gasteiger partial charge in [-0.15, -0.1) is 0 Å². The first kappa shape index (κ1) is 14.5. The first-order valence-electron chi connectivity index (χ1n) is 5.60. The van der Waals surface area contributed by atoms with Gasteiger partial charge in [-0.2, -0.15) is 0 Å². The lowest BCUT2D eigenvalue weighted by molar-refractivity contribution is 0.0693. The molecule has 0 aromatic heterocycles. The highest BCUT2D eigenvalue weighted by atomic mass is 35.5. The Hall–Kier alpha value is -1.91. The number of aromatic carboxylic acids is 1. The van der Waals surface area contributed by atoms with E-state index in [4.69, 9.17) is 33.0 Å². The Bertz CT molecular complexity index is 656. The van der Waals surface area contributed by atoms with Gasteiger partial charge in [0, 0.05) is 15.6 Å². The van der Waals surface area contributed by atoms with Crippen molar-refractivity contribution < 1.29 is 19.7 Å². The number of carboxylic acids is 1. The molecule has 2 rings (SSSR count). The molecule has 0 aliphatic rings. The first-order valence-corrected chi connectivity index (χ1v) is 6.36. The highest BCUT2D eigenvalue weighted by Crippen LogP contribution is 2.25. The SMILES string of the molecule is O=C(O)c1cc(OCc2ccc(Cl)cc2Cl)ccc1O. The molecular weight excluding hydrogens is 303 g/mol. The number of rotatable bonds is 4. The number of hydrogen-bond acceptors (Lipinski definition) is 3. The van der Waals surface area contributed by atoms with Crippen molar-refractivity contribution in [2.24, 2.45) is 0 Å². The summed E-state index contributed by atoms with van der Waals surface area (Å²) in [5.74, 6) is -1.21. The van der Waals surface area contributed by atoms with Gasteiger partial charge in [0.1, 0.15) is 23.7 Å². The van der Waals surface area contributed by atoms with Crippen LogP contribution in [0.1, 0.15) is 15.9 Å². The van der Waals surface area contributed by atoms with E-state index in [9.17, 15) is 9.90 Å². The summed E-state index contributed by atoms with van der Waals surface area (Å²) < 4.78 is 5.46. The lowest BCUT2D eigenvalue weighted by atomic mass is 10.2. The summed E-state index contributed by atoms with van der Waals surface area (Å²) in [5, 5.41) is 19.3. The standard InChI is InChI=1S/C14H10Cl2O4/c15-9-2-1-8(12(16)5-9)7-20-10-3-4-13(17)11(6-10)14(18)19/h1-6,17H,7H2,(H,18,19). The van der Waals surface area contributed by atoms with Crippen molar-refractivity contribution in [3.05, 3.63) is 57.6 Å². The van der Waals surface area contributed by atoms with Crippen LogP contribution >= 0.6 is 23.2 Å². The smallest absolute Gasteiger partial charge is 0.339 e. The minimum absolute atomic E-state index is 0.167. The minimum atomic E-state index is -1.22. The highest BCUT2D eigenvalue weighted by Gasteiger charge is 2.11. The van der Waals surface area contributed by atoms with Crippen LogP contribution in [0, 0.1) is 0 Å². The van der Waals surface area contributed by atoms with Crippen LogP contribution in [0.5, 0.6) is 11.5 Å². The third-order valence-electron chi connectivity index (χ3n) is 2.61. The molecule has 0 radical (unpaired) electrons. The van der Waals surface area contributed by atoms with Crippen molar-refractivity contribution in [1.29, 1.82) is 0 Å². The van der Waals surface area contributed by atoms with Gasteiger partial charge in [-0.1, -0.05) is 29.3 Å². The number of carbonyl (C=O) groups is 1. The number of phenols is 1. The van der Waals surface area contributed by atoms with Crippen molar-refractivity contribution in [1.82, 2.24) is 0 Å². The molecule has 0 aliphatic heterocycles. The molecule has 0 unspecified atom stereocenters. The van der Waals surface area contributed by atoms with Crippen molar-refractivity contribution in [2.75, 3.05) is 0 Å². The van der Waals surface area contributed by atoms with Gasteiger partial charge in [0.05, 0.1) is 0 Å². The second-order valence-corrected chi connectivity index (χ2v) is 4.85. The zero-order chi connectivity index (χ0) is 14.7. The van der Waals surface area contributed by atoms with Gasteiger partial charge >= 0.3 is 5.97 Å². The third kappa shape index (κ3) is 3.35. The molecule has 6 heteroatoms. The van der Waals surface area contributed by atoms with Crippen LogP contribution in [0.15, 0.2) is 36.4 Å². The van der Waals surface area contributed by atoms with E-state index in [1.807, 2.05) is 0 Å². The van der Waals surface area contributed by atoms with E-state index in [2.05, 4.69) is 0 Å². The summed E-state index contributed by atoms with van der Waals surface area (Å²) in [5.41, 5.74) is 0.505. The Balaban J connectivity index is 2.15. The number of carboxylic acid groups (broad SMARTS) is 1. The lowest BCUT2D eigenvalue weighted by Gasteiger charge is -2.09. The molecule has 2 N–H and O–H groups in total. The molecule has 2 aromatic carbocycles. The van der Waals surface area contributed by atoms with Crippen molar-refractivity contribution >= 4 is 29.2 Å². The molecule has 0 atom stereocenters. The van der Waals surface area contributed by atoms with Gasteiger partial charge in [-0.05, 0) is 30.3 Å².